The summed E-state index contributed by atoms with van der Waals surface area (Å²) in [6, 6.07) is 7.74. The maximum absolute atomic E-state index is 10.6. The summed E-state index contributed by atoms with van der Waals surface area (Å²) in [7, 11) is -4.03. The lowest BCUT2D eigenvalue weighted by Crippen LogP contribution is -1.97. The Bertz CT molecular complexity index is 639. The van der Waals surface area contributed by atoms with Crippen LogP contribution >= 0.6 is 0 Å². The summed E-state index contributed by atoms with van der Waals surface area (Å²) in [5.74, 6) is 0.613. The number of hydrogen-bond acceptors (Lipinski definition) is 6. The maximum Gasteiger partial charge on any atom is 0.294 e. The molecule has 2 rings (SSSR count). The highest BCUT2D eigenvalue weighted by Crippen LogP contribution is 2.09. The number of benzene rings is 1. The van der Waals surface area contributed by atoms with E-state index in [1.807, 2.05) is 6.92 Å². The minimum Gasteiger partial charge on any atom is -0.384 e. The van der Waals surface area contributed by atoms with Crippen LogP contribution in [0.15, 0.2) is 41.4 Å². The average Bonchev–Trinajstić information content (AvgIpc) is 2.38. The van der Waals surface area contributed by atoms with Gasteiger partial charge >= 0.3 is 0 Å². The third-order valence-corrected chi connectivity index (χ3v) is 3.19. The summed E-state index contributed by atoms with van der Waals surface area (Å²) < 4.78 is 29.8. The highest BCUT2D eigenvalue weighted by Gasteiger charge is 2.07. The molecule has 0 spiro atoms. The molecule has 1 heterocycles. The van der Waals surface area contributed by atoms with E-state index in [9.17, 15) is 8.42 Å². The van der Waals surface area contributed by atoms with E-state index < -0.39 is 10.1 Å². The second-order valence-corrected chi connectivity index (χ2v) is 5.23. The number of anilines is 2. The minimum atomic E-state index is -4.03. The van der Waals surface area contributed by atoms with Crippen LogP contribution < -0.4 is 11.5 Å². The molecule has 2 aromatic rings. The van der Waals surface area contributed by atoms with E-state index in [0.29, 0.717) is 5.82 Å². The van der Waals surface area contributed by atoms with Crippen molar-refractivity contribution in [2.75, 3.05) is 11.5 Å². The highest BCUT2D eigenvalue weighted by molar-refractivity contribution is 7.85. The fraction of sp³-hybridized carbons (Fsp3) is 0.167. The summed E-state index contributed by atoms with van der Waals surface area (Å²) in [6.45, 7) is 1.97. The van der Waals surface area contributed by atoms with Crippen LogP contribution in [-0.4, -0.2) is 22.9 Å². The normalized spacial score (nSPS) is 10.5. The zero-order chi connectivity index (χ0) is 15.2. The molecule has 1 aromatic heterocycles. The maximum atomic E-state index is 10.6. The third kappa shape index (κ3) is 5.21. The van der Waals surface area contributed by atoms with Crippen LogP contribution in [0.3, 0.4) is 0 Å². The molecular formula is C12H16N4O3S. The Labute approximate surface area is 117 Å². The van der Waals surface area contributed by atoms with Crippen molar-refractivity contribution in [1.82, 2.24) is 9.97 Å². The zero-order valence-corrected chi connectivity index (χ0v) is 11.7. The Kier molecular flexibility index (Phi) is 5.42. The van der Waals surface area contributed by atoms with Gasteiger partial charge in [-0.25, -0.2) is 4.98 Å². The van der Waals surface area contributed by atoms with Gasteiger partial charge in [0.15, 0.2) is 0 Å². The molecule has 0 bridgehead atoms. The van der Waals surface area contributed by atoms with Crippen LogP contribution in [0.4, 0.5) is 11.8 Å². The smallest absolute Gasteiger partial charge is 0.294 e. The summed E-state index contributed by atoms with van der Waals surface area (Å²) in [6.07, 6.45) is 2.36. The van der Waals surface area contributed by atoms with Crippen LogP contribution in [0.1, 0.15) is 12.5 Å². The van der Waals surface area contributed by atoms with Crippen LogP contribution in [0.25, 0.3) is 0 Å². The van der Waals surface area contributed by atoms with E-state index in [-0.39, 0.29) is 10.8 Å². The summed E-state index contributed by atoms with van der Waals surface area (Å²) in [5, 5.41) is 0. The van der Waals surface area contributed by atoms with Gasteiger partial charge in [0.05, 0.1) is 4.90 Å². The first-order valence-corrected chi connectivity index (χ1v) is 7.17. The molecule has 1 aromatic carbocycles. The number of nitrogens with two attached hydrogens (primary N) is 2. The van der Waals surface area contributed by atoms with Gasteiger partial charge in [0, 0.05) is 6.20 Å². The van der Waals surface area contributed by atoms with Gasteiger partial charge in [-0.15, -0.1) is 0 Å². The molecule has 0 aliphatic heterocycles. The molecule has 0 saturated heterocycles. The number of rotatable bonds is 2. The first-order chi connectivity index (χ1) is 9.32. The molecule has 0 unspecified atom stereocenters. The Morgan fingerprint density at radius 3 is 2.10 bits per heavy atom. The third-order valence-electron chi connectivity index (χ3n) is 2.33. The highest BCUT2D eigenvalue weighted by atomic mass is 32.2. The van der Waals surface area contributed by atoms with Crippen molar-refractivity contribution in [1.29, 1.82) is 0 Å². The molecule has 0 aliphatic carbocycles. The van der Waals surface area contributed by atoms with E-state index in [2.05, 4.69) is 9.97 Å². The van der Waals surface area contributed by atoms with Crippen molar-refractivity contribution in [2.24, 2.45) is 0 Å². The number of aryl methyl sites for hydroxylation is 1. The van der Waals surface area contributed by atoms with Gasteiger partial charge in [0.25, 0.3) is 10.1 Å². The molecular weight excluding hydrogens is 280 g/mol. The fourth-order valence-electron chi connectivity index (χ4n) is 1.29. The van der Waals surface area contributed by atoms with Gasteiger partial charge < -0.3 is 11.5 Å². The summed E-state index contributed by atoms with van der Waals surface area (Å²) in [4.78, 5) is 7.19. The topological polar surface area (TPSA) is 132 Å². The molecule has 0 amide bonds. The minimum absolute atomic E-state index is 0.0558. The molecule has 7 nitrogen and oxygen atoms in total. The van der Waals surface area contributed by atoms with Gasteiger partial charge in [0.2, 0.25) is 5.95 Å². The van der Waals surface area contributed by atoms with Crippen LogP contribution in [0.5, 0.6) is 0 Å². The second-order valence-electron chi connectivity index (χ2n) is 3.81. The Hall–Kier alpha value is -2.19. The SMILES string of the molecule is CCc1ccc(S(=O)(=O)O)cc1.Nc1ccnc(N)n1. The molecule has 8 heteroatoms. The largest absolute Gasteiger partial charge is 0.384 e. The summed E-state index contributed by atoms with van der Waals surface area (Å²) in [5.41, 5.74) is 11.4. The van der Waals surface area contributed by atoms with Crippen molar-refractivity contribution >= 4 is 21.9 Å². The monoisotopic (exact) mass is 296 g/mol. The van der Waals surface area contributed by atoms with Crippen molar-refractivity contribution in [3.8, 4) is 0 Å². The standard InChI is InChI=1S/C8H10O3S.C4H6N4/c1-2-7-3-5-8(6-4-7)12(9,10)11;5-3-1-2-7-4(6)8-3/h3-6H,2H2,1H3,(H,9,10,11);1-2H,(H4,5,6,7,8). The number of hydrogen-bond donors (Lipinski definition) is 3. The van der Waals surface area contributed by atoms with Crippen molar-refractivity contribution in [2.45, 2.75) is 18.2 Å². The van der Waals surface area contributed by atoms with Crippen molar-refractivity contribution < 1.29 is 13.0 Å². The lowest BCUT2D eigenvalue weighted by atomic mass is 10.2. The lowest BCUT2D eigenvalue weighted by Gasteiger charge is -1.97. The van der Waals surface area contributed by atoms with Crippen LogP contribution in [0, 0.1) is 0 Å². The first-order valence-electron chi connectivity index (χ1n) is 5.73. The van der Waals surface area contributed by atoms with Gasteiger partial charge in [-0.05, 0) is 30.2 Å². The van der Waals surface area contributed by atoms with E-state index in [0.717, 1.165) is 12.0 Å². The number of nitrogens with zero attached hydrogens (tertiary/aromatic N) is 2. The first kappa shape index (κ1) is 15.9. The fourth-order valence-corrected chi connectivity index (χ4v) is 1.77. The molecule has 0 fully saturated rings. The molecule has 108 valence electrons. The molecule has 0 aliphatic rings. The Balaban J connectivity index is 0.000000217. The summed E-state index contributed by atoms with van der Waals surface area (Å²) >= 11 is 0. The number of aromatic nitrogens is 2. The van der Waals surface area contributed by atoms with Gasteiger partial charge in [-0.3, -0.25) is 4.55 Å². The molecule has 5 N–H and O–H groups in total. The number of nitrogen functional groups attached to an aromatic ring is 2. The molecule has 20 heavy (non-hydrogen) atoms. The predicted molar refractivity (Wildman–Crippen MR) is 76.5 cm³/mol. The van der Waals surface area contributed by atoms with Crippen LogP contribution in [0.2, 0.25) is 0 Å². The second kappa shape index (κ2) is 6.83. The molecule has 0 radical (unpaired) electrons. The van der Waals surface area contributed by atoms with Crippen molar-refractivity contribution in [3.05, 3.63) is 42.1 Å². The van der Waals surface area contributed by atoms with E-state index in [1.54, 1.807) is 18.2 Å². The van der Waals surface area contributed by atoms with Gasteiger partial charge in [-0.1, -0.05) is 19.1 Å². The average molecular weight is 296 g/mol. The van der Waals surface area contributed by atoms with E-state index >= 15 is 0 Å². The molecule has 0 atom stereocenters. The molecule has 0 saturated carbocycles. The quantitative estimate of drug-likeness (QED) is 0.708. The van der Waals surface area contributed by atoms with E-state index in [1.165, 1.54) is 18.3 Å². The van der Waals surface area contributed by atoms with Crippen LogP contribution in [-0.2, 0) is 16.5 Å². The lowest BCUT2D eigenvalue weighted by molar-refractivity contribution is 0.483. The van der Waals surface area contributed by atoms with E-state index in [4.69, 9.17) is 16.0 Å². The Morgan fingerprint density at radius 2 is 1.75 bits per heavy atom. The predicted octanol–water partition coefficient (Wildman–Crippen LogP) is 1.14. The zero-order valence-electron chi connectivity index (χ0n) is 10.9. The Morgan fingerprint density at radius 1 is 1.15 bits per heavy atom. The van der Waals surface area contributed by atoms with Crippen molar-refractivity contribution in [3.63, 3.8) is 0 Å². The van der Waals surface area contributed by atoms with Gasteiger partial charge in [0.1, 0.15) is 5.82 Å². The van der Waals surface area contributed by atoms with Gasteiger partial charge in [-0.2, -0.15) is 13.4 Å².